The summed E-state index contributed by atoms with van der Waals surface area (Å²) < 4.78 is 35.5. The second-order valence-corrected chi connectivity index (χ2v) is 11.5. The molecule has 1 unspecified atom stereocenters. The fraction of sp³-hybridized carbons (Fsp3) is 0.577. The Morgan fingerprint density at radius 1 is 1.08 bits per heavy atom. The van der Waals surface area contributed by atoms with Crippen LogP contribution in [0.1, 0.15) is 48.2 Å². The Hall–Kier alpha value is -2.92. The Morgan fingerprint density at radius 2 is 1.81 bits per heavy atom. The number of anilines is 1. The summed E-state index contributed by atoms with van der Waals surface area (Å²) in [5, 5.41) is 4.10. The van der Waals surface area contributed by atoms with Crippen LogP contribution in [0, 0.1) is 19.8 Å². The van der Waals surface area contributed by atoms with Crippen LogP contribution in [0.2, 0.25) is 0 Å². The summed E-state index contributed by atoms with van der Waals surface area (Å²) in [6, 6.07) is 6.15. The third-order valence-corrected chi connectivity index (χ3v) is 9.19. The van der Waals surface area contributed by atoms with E-state index in [0.29, 0.717) is 52.1 Å². The molecule has 2 aliphatic heterocycles. The van der Waals surface area contributed by atoms with Crippen LogP contribution < -0.4 is 4.90 Å². The smallest absolute Gasteiger partial charge is 0.310 e. The second kappa shape index (κ2) is 11.2. The van der Waals surface area contributed by atoms with Crippen molar-refractivity contribution in [1.29, 1.82) is 0 Å². The van der Waals surface area contributed by atoms with Crippen LogP contribution in [0.5, 0.6) is 0 Å². The third-order valence-electron chi connectivity index (χ3n) is 7.35. The monoisotopic (exact) mass is 531 g/mol. The van der Waals surface area contributed by atoms with E-state index in [1.54, 1.807) is 11.8 Å². The molecule has 2 aliphatic rings. The minimum atomic E-state index is -3.99. The lowest BCUT2D eigenvalue weighted by Crippen LogP contribution is -2.49. The van der Waals surface area contributed by atoms with Gasteiger partial charge in [-0.25, -0.2) is 8.42 Å². The van der Waals surface area contributed by atoms with Crippen LogP contribution >= 0.6 is 0 Å². The van der Waals surface area contributed by atoms with E-state index in [1.165, 1.54) is 26.3 Å². The number of hydrogen-bond donors (Lipinski definition) is 0. The molecule has 0 saturated carbocycles. The largest absolute Gasteiger partial charge is 0.466 e. The number of nitrogens with zero attached hydrogens (tertiary/aromatic N) is 5. The normalized spacial score (nSPS) is 19.2. The number of piperidine rings is 1. The predicted molar refractivity (Wildman–Crippen MR) is 140 cm³/mol. The number of aryl methyl sites for hydroxylation is 2. The lowest BCUT2D eigenvalue weighted by atomic mass is 9.98. The van der Waals surface area contributed by atoms with Gasteiger partial charge in [0.05, 0.1) is 18.1 Å². The zero-order chi connectivity index (χ0) is 26.7. The highest BCUT2D eigenvalue weighted by atomic mass is 32.2. The number of carbonyl (C=O) groups excluding carboxylic acids is 2. The molecule has 1 aromatic heterocycles. The molecule has 0 spiro atoms. The highest BCUT2D eigenvalue weighted by Gasteiger charge is 2.37. The van der Waals surface area contributed by atoms with Gasteiger partial charge in [-0.15, -0.1) is 0 Å². The van der Waals surface area contributed by atoms with Crippen molar-refractivity contribution in [3.8, 4) is 0 Å². The van der Waals surface area contributed by atoms with E-state index in [2.05, 4.69) is 36.0 Å². The van der Waals surface area contributed by atoms with Crippen molar-refractivity contribution >= 4 is 27.6 Å². The van der Waals surface area contributed by atoms with Gasteiger partial charge in [0.15, 0.2) is 0 Å². The first-order chi connectivity index (χ1) is 17.7. The van der Waals surface area contributed by atoms with Crippen molar-refractivity contribution in [1.82, 2.24) is 19.0 Å². The number of aromatic nitrogens is 2. The summed E-state index contributed by atoms with van der Waals surface area (Å²) in [6.45, 7) is 10.8. The number of carbonyl (C=O) groups is 2. The van der Waals surface area contributed by atoms with Crippen molar-refractivity contribution < 1.29 is 22.7 Å². The van der Waals surface area contributed by atoms with Crippen molar-refractivity contribution in [3.05, 3.63) is 41.1 Å². The van der Waals surface area contributed by atoms with E-state index in [-0.39, 0.29) is 29.7 Å². The number of sulfonamides is 1. The summed E-state index contributed by atoms with van der Waals surface area (Å²) in [5.41, 5.74) is 3.56. The molecule has 11 heteroatoms. The van der Waals surface area contributed by atoms with Gasteiger partial charge in [-0.2, -0.15) is 9.40 Å². The number of likely N-dealkylation sites (tertiary alicyclic amines) is 1. The van der Waals surface area contributed by atoms with Gasteiger partial charge in [-0.1, -0.05) is 12.1 Å². The van der Waals surface area contributed by atoms with Crippen LogP contribution in [0.25, 0.3) is 0 Å². The van der Waals surface area contributed by atoms with Crippen molar-refractivity contribution in [2.75, 3.05) is 50.8 Å². The lowest BCUT2D eigenvalue weighted by molar-refractivity contribution is -0.149. The van der Waals surface area contributed by atoms with Gasteiger partial charge in [0.1, 0.15) is 0 Å². The minimum absolute atomic E-state index is 0.0586. The average Bonchev–Trinajstić information content (AvgIpc) is 3.36. The van der Waals surface area contributed by atoms with Crippen LogP contribution in [0.4, 0.5) is 5.69 Å². The van der Waals surface area contributed by atoms with E-state index >= 15 is 0 Å². The fourth-order valence-corrected chi connectivity index (χ4v) is 6.57. The van der Waals surface area contributed by atoms with Gasteiger partial charge in [-0.3, -0.25) is 14.3 Å². The quantitative estimate of drug-likeness (QED) is 0.506. The van der Waals surface area contributed by atoms with Crippen molar-refractivity contribution in [2.45, 2.75) is 52.1 Å². The van der Waals surface area contributed by atoms with Crippen LogP contribution in [-0.4, -0.2) is 85.2 Å². The number of piperazine rings is 1. The molecule has 3 heterocycles. The Balaban J connectivity index is 1.53. The number of amides is 1. The summed E-state index contributed by atoms with van der Waals surface area (Å²) in [6.07, 6.45) is 2.81. The lowest BCUT2D eigenvalue weighted by Gasteiger charge is -2.36. The standard InChI is InChI=1S/C26H37N5O5S/c1-5-30-18-22(25(32)29-12-8-10-21(17-29)26(33)36-6-2)24(27-30)37(34,35)31-15-13-28(14-16-31)23-11-7-9-19(3)20(23)4/h7,9,11,18,21H,5-6,8,10,12-17H2,1-4H3. The Kier molecular flexibility index (Phi) is 8.23. The summed E-state index contributed by atoms with van der Waals surface area (Å²) in [4.78, 5) is 29.6. The average molecular weight is 532 g/mol. The predicted octanol–water partition coefficient (Wildman–Crippen LogP) is 2.45. The van der Waals surface area contributed by atoms with Crippen LogP contribution in [0.3, 0.4) is 0 Å². The second-order valence-electron chi connectivity index (χ2n) is 9.66. The molecule has 2 saturated heterocycles. The molecule has 4 rings (SSSR count). The molecular weight excluding hydrogens is 494 g/mol. The van der Waals surface area contributed by atoms with Gasteiger partial charge in [0.2, 0.25) is 5.03 Å². The molecule has 0 N–H and O–H groups in total. The van der Waals surface area contributed by atoms with Crippen LogP contribution in [0.15, 0.2) is 29.4 Å². The number of benzene rings is 1. The molecule has 0 radical (unpaired) electrons. The van der Waals surface area contributed by atoms with E-state index in [0.717, 1.165) is 5.69 Å². The summed E-state index contributed by atoms with van der Waals surface area (Å²) in [7, 11) is -3.99. The maximum atomic E-state index is 13.7. The Morgan fingerprint density at radius 3 is 2.49 bits per heavy atom. The molecule has 37 heavy (non-hydrogen) atoms. The van der Waals surface area contributed by atoms with Gasteiger partial charge in [0.25, 0.3) is 15.9 Å². The first-order valence-corrected chi connectivity index (χ1v) is 14.5. The molecular formula is C26H37N5O5S. The van der Waals surface area contributed by atoms with Gasteiger partial charge >= 0.3 is 5.97 Å². The molecule has 2 fully saturated rings. The SMILES string of the molecule is CCOC(=O)C1CCCN(C(=O)c2cn(CC)nc2S(=O)(=O)N2CCN(c3cccc(C)c3C)CC2)C1. The molecule has 0 aliphatic carbocycles. The zero-order valence-electron chi connectivity index (χ0n) is 22.1. The number of esters is 1. The first-order valence-electron chi connectivity index (χ1n) is 13.0. The molecule has 0 bridgehead atoms. The molecule has 1 amide bonds. The summed E-state index contributed by atoms with van der Waals surface area (Å²) in [5.74, 6) is -1.14. The molecule has 10 nitrogen and oxygen atoms in total. The Bertz CT molecular complexity index is 1250. The van der Waals surface area contributed by atoms with Crippen molar-refractivity contribution in [3.63, 3.8) is 0 Å². The third kappa shape index (κ3) is 5.52. The maximum Gasteiger partial charge on any atom is 0.310 e. The van der Waals surface area contributed by atoms with Crippen molar-refractivity contribution in [2.24, 2.45) is 5.92 Å². The molecule has 202 valence electrons. The molecule has 1 aromatic carbocycles. The van der Waals surface area contributed by atoms with E-state index in [1.807, 2.05) is 13.0 Å². The van der Waals surface area contributed by atoms with Gasteiger partial charge in [-0.05, 0) is 57.7 Å². The van der Waals surface area contributed by atoms with Gasteiger partial charge < -0.3 is 14.5 Å². The fourth-order valence-electron chi connectivity index (χ4n) is 5.06. The minimum Gasteiger partial charge on any atom is -0.466 e. The Labute approximate surface area is 219 Å². The molecule has 2 aromatic rings. The van der Waals surface area contributed by atoms with Gasteiger partial charge in [0, 0.05) is 57.7 Å². The topological polar surface area (TPSA) is 105 Å². The molecule has 1 atom stereocenters. The number of hydrogen-bond acceptors (Lipinski definition) is 7. The zero-order valence-corrected chi connectivity index (χ0v) is 23.0. The number of rotatable bonds is 7. The van der Waals surface area contributed by atoms with Crippen LogP contribution in [-0.2, 0) is 26.1 Å². The summed E-state index contributed by atoms with van der Waals surface area (Å²) >= 11 is 0. The first kappa shape index (κ1) is 27.1. The number of ether oxygens (including phenoxy) is 1. The highest BCUT2D eigenvalue weighted by Crippen LogP contribution is 2.28. The maximum absolute atomic E-state index is 13.7. The van der Waals surface area contributed by atoms with E-state index in [9.17, 15) is 18.0 Å². The van der Waals surface area contributed by atoms with E-state index < -0.39 is 21.8 Å². The van der Waals surface area contributed by atoms with E-state index in [4.69, 9.17) is 4.74 Å². The highest BCUT2D eigenvalue weighted by molar-refractivity contribution is 7.89.